The van der Waals surface area contributed by atoms with E-state index < -0.39 is 20.9 Å². The van der Waals surface area contributed by atoms with E-state index in [4.69, 9.17) is 0 Å². The predicted molar refractivity (Wildman–Crippen MR) is 64.8 cm³/mol. The fourth-order valence-electron chi connectivity index (χ4n) is 1.45. The van der Waals surface area contributed by atoms with Crippen molar-refractivity contribution < 1.29 is 12.8 Å². The highest BCUT2D eigenvalue weighted by molar-refractivity contribution is 9.09. The fourth-order valence-corrected chi connectivity index (χ4v) is 3.42. The summed E-state index contributed by atoms with van der Waals surface area (Å²) in [4.78, 5) is 3.65. The van der Waals surface area contributed by atoms with Crippen LogP contribution >= 0.6 is 15.9 Å². The molecule has 0 saturated heterocycles. The number of nitrogens with zero attached hydrogens (tertiary/aromatic N) is 1. The second-order valence-corrected chi connectivity index (χ2v) is 6.85. The first-order chi connectivity index (χ1) is 8.00. The molecule has 1 fully saturated rings. The molecule has 1 saturated carbocycles. The molecule has 94 valence electrons. The molecular weight excluding hydrogens is 311 g/mol. The summed E-state index contributed by atoms with van der Waals surface area (Å²) in [5.74, 6) is -0.316. The molecule has 0 bridgehead atoms. The average molecular weight is 323 g/mol. The minimum absolute atomic E-state index is 0.101. The number of alkyl halides is 1. The number of aromatic nitrogens is 1. The molecule has 17 heavy (non-hydrogen) atoms. The van der Waals surface area contributed by atoms with Gasteiger partial charge in [0.2, 0.25) is 5.03 Å². The first-order valence-corrected chi connectivity index (χ1v) is 7.65. The Bertz CT molecular complexity index is 505. The molecule has 1 heterocycles. The molecule has 0 aliphatic heterocycles. The zero-order valence-corrected chi connectivity index (χ0v) is 11.3. The van der Waals surface area contributed by atoms with Gasteiger partial charge in [-0.1, -0.05) is 15.9 Å². The van der Waals surface area contributed by atoms with E-state index in [1.54, 1.807) is 0 Å². The third-order valence-corrected chi connectivity index (χ3v) is 5.01. The second-order valence-electron chi connectivity index (χ2n) is 4.00. The molecule has 1 aliphatic carbocycles. The molecule has 0 amide bonds. The van der Waals surface area contributed by atoms with Crippen LogP contribution < -0.4 is 4.72 Å². The van der Waals surface area contributed by atoms with Crippen molar-refractivity contribution in [2.75, 3.05) is 6.54 Å². The van der Waals surface area contributed by atoms with Crippen molar-refractivity contribution in [3.05, 3.63) is 24.1 Å². The molecule has 0 radical (unpaired) electrons. The molecule has 7 heteroatoms. The molecule has 0 aromatic carbocycles. The van der Waals surface area contributed by atoms with Crippen LogP contribution in [0.2, 0.25) is 0 Å². The van der Waals surface area contributed by atoms with Gasteiger partial charge in [0.25, 0.3) is 10.0 Å². The number of nitrogens with one attached hydrogen (secondary N) is 1. The molecule has 2 rings (SSSR count). The van der Waals surface area contributed by atoms with E-state index in [2.05, 4.69) is 25.6 Å². The molecule has 1 aliphatic rings. The van der Waals surface area contributed by atoms with Crippen LogP contribution in [0.1, 0.15) is 12.8 Å². The zero-order valence-electron chi connectivity index (χ0n) is 8.94. The quantitative estimate of drug-likeness (QED) is 0.839. The van der Waals surface area contributed by atoms with E-state index in [0.717, 1.165) is 18.9 Å². The van der Waals surface area contributed by atoms with E-state index in [1.807, 2.05) is 0 Å². The first-order valence-electron chi connectivity index (χ1n) is 5.25. The molecule has 1 unspecified atom stereocenters. The normalized spacial score (nSPS) is 18.0. The standard InChI is InChI=1S/C10H12BrFN2O2S/c11-8(7-3-4-7)6-14-17(15,16)10-9(12)2-1-5-13-10/h1-2,5,7-8,14H,3-4,6H2. The molecule has 0 spiro atoms. The fraction of sp³-hybridized carbons (Fsp3) is 0.500. The van der Waals surface area contributed by atoms with E-state index in [9.17, 15) is 12.8 Å². The Hall–Kier alpha value is -0.530. The maximum atomic E-state index is 13.3. The second kappa shape index (κ2) is 4.99. The Morgan fingerprint density at radius 3 is 2.88 bits per heavy atom. The molecule has 4 nitrogen and oxygen atoms in total. The lowest BCUT2D eigenvalue weighted by atomic mass is 10.3. The highest BCUT2D eigenvalue weighted by Gasteiger charge is 2.30. The first kappa shape index (κ1) is 12.9. The van der Waals surface area contributed by atoms with Crippen molar-refractivity contribution in [3.63, 3.8) is 0 Å². The van der Waals surface area contributed by atoms with E-state index in [1.165, 1.54) is 12.3 Å². The number of rotatable bonds is 5. The summed E-state index contributed by atoms with van der Waals surface area (Å²) < 4.78 is 39.2. The third kappa shape index (κ3) is 3.23. The highest BCUT2D eigenvalue weighted by Crippen LogP contribution is 2.36. The number of pyridine rings is 1. The lowest BCUT2D eigenvalue weighted by Gasteiger charge is -2.10. The predicted octanol–water partition coefficient (Wildman–Crippen LogP) is 1.67. The summed E-state index contributed by atoms with van der Waals surface area (Å²) in [6.45, 7) is 0.253. The van der Waals surface area contributed by atoms with Crippen molar-refractivity contribution in [1.29, 1.82) is 0 Å². The average Bonchev–Trinajstić information content (AvgIpc) is 3.10. The van der Waals surface area contributed by atoms with E-state index in [-0.39, 0.29) is 11.4 Å². The van der Waals surface area contributed by atoms with E-state index >= 15 is 0 Å². The Morgan fingerprint density at radius 2 is 2.29 bits per heavy atom. The van der Waals surface area contributed by atoms with Gasteiger partial charge in [-0.05, 0) is 30.9 Å². The zero-order chi connectivity index (χ0) is 12.5. The lowest BCUT2D eigenvalue weighted by Crippen LogP contribution is -2.31. The monoisotopic (exact) mass is 322 g/mol. The van der Waals surface area contributed by atoms with Gasteiger partial charge in [0.05, 0.1) is 0 Å². The molecular formula is C10H12BrFN2O2S. The van der Waals surface area contributed by atoms with Crippen molar-refractivity contribution in [2.45, 2.75) is 22.7 Å². The van der Waals surface area contributed by atoms with Crippen LogP contribution in [0.25, 0.3) is 0 Å². The van der Waals surface area contributed by atoms with Gasteiger partial charge in [0.1, 0.15) is 0 Å². The third-order valence-electron chi connectivity index (χ3n) is 2.58. The Kier molecular flexibility index (Phi) is 3.79. The molecule has 1 aromatic heterocycles. The van der Waals surface area contributed by atoms with Crippen molar-refractivity contribution in [2.24, 2.45) is 5.92 Å². The van der Waals surface area contributed by atoms with Gasteiger partial charge in [0, 0.05) is 17.6 Å². The Balaban J connectivity index is 2.05. The van der Waals surface area contributed by atoms with Crippen molar-refractivity contribution >= 4 is 26.0 Å². The van der Waals surface area contributed by atoms with Crippen LogP contribution in [0.3, 0.4) is 0 Å². The topological polar surface area (TPSA) is 59.1 Å². The smallest absolute Gasteiger partial charge is 0.241 e. The lowest BCUT2D eigenvalue weighted by molar-refractivity contribution is 0.543. The Labute approximate surface area is 108 Å². The van der Waals surface area contributed by atoms with Crippen LogP contribution in [-0.4, -0.2) is 24.8 Å². The SMILES string of the molecule is O=S(=O)(NCC(Br)C1CC1)c1ncccc1F. The van der Waals surface area contributed by atoms with Gasteiger partial charge in [-0.15, -0.1) is 0 Å². The molecule has 1 atom stereocenters. The van der Waals surface area contributed by atoms with Crippen LogP contribution in [-0.2, 0) is 10.0 Å². The van der Waals surface area contributed by atoms with Gasteiger partial charge < -0.3 is 0 Å². The molecule has 1 N–H and O–H groups in total. The minimum atomic E-state index is -3.86. The number of sulfonamides is 1. The van der Waals surface area contributed by atoms with Gasteiger partial charge >= 0.3 is 0 Å². The number of hydrogen-bond acceptors (Lipinski definition) is 3. The van der Waals surface area contributed by atoms with Crippen molar-refractivity contribution in [3.8, 4) is 0 Å². The summed E-state index contributed by atoms with van der Waals surface area (Å²) in [6.07, 6.45) is 3.47. The van der Waals surface area contributed by atoms with Gasteiger partial charge in [-0.25, -0.2) is 22.5 Å². The summed E-state index contributed by atoms with van der Waals surface area (Å²) >= 11 is 3.41. The highest BCUT2D eigenvalue weighted by atomic mass is 79.9. The summed E-state index contributed by atoms with van der Waals surface area (Å²) in [5.41, 5.74) is 0. The van der Waals surface area contributed by atoms with Crippen LogP contribution in [0.4, 0.5) is 4.39 Å². The van der Waals surface area contributed by atoms with Crippen molar-refractivity contribution in [1.82, 2.24) is 9.71 Å². The largest absolute Gasteiger partial charge is 0.261 e. The summed E-state index contributed by atoms with van der Waals surface area (Å²) in [7, 11) is -3.86. The minimum Gasteiger partial charge on any atom is -0.241 e. The summed E-state index contributed by atoms with van der Waals surface area (Å²) in [5, 5.41) is -0.546. The maximum absolute atomic E-state index is 13.3. The maximum Gasteiger partial charge on any atom is 0.261 e. The summed E-state index contributed by atoms with van der Waals surface area (Å²) in [6, 6.07) is 2.43. The molecule has 1 aromatic rings. The van der Waals surface area contributed by atoms with Crippen LogP contribution in [0, 0.1) is 11.7 Å². The van der Waals surface area contributed by atoms with Gasteiger partial charge in [-0.3, -0.25) is 0 Å². The van der Waals surface area contributed by atoms with Crippen LogP contribution in [0.15, 0.2) is 23.4 Å². The van der Waals surface area contributed by atoms with Crippen LogP contribution in [0.5, 0.6) is 0 Å². The Morgan fingerprint density at radius 1 is 1.59 bits per heavy atom. The number of hydrogen-bond donors (Lipinski definition) is 1. The van der Waals surface area contributed by atoms with Gasteiger partial charge in [-0.2, -0.15) is 0 Å². The number of halogens is 2. The van der Waals surface area contributed by atoms with Gasteiger partial charge in [0.15, 0.2) is 5.82 Å². The van der Waals surface area contributed by atoms with E-state index in [0.29, 0.717) is 5.92 Å².